The molecule has 0 radical (unpaired) electrons. The van der Waals surface area contributed by atoms with E-state index in [0.717, 1.165) is 23.7 Å². The lowest BCUT2D eigenvalue weighted by Gasteiger charge is -2.16. The van der Waals surface area contributed by atoms with Crippen molar-refractivity contribution in [2.24, 2.45) is 0 Å². The molecular weight excluding hydrogens is 284 g/mol. The molecule has 0 aliphatic heterocycles. The van der Waals surface area contributed by atoms with E-state index in [1.165, 1.54) is 25.7 Å². The van der Waals surface area contributed by atoms with Crippen LogP contribution in [0, 0.1) is 0 Å². The van der Waals surface area contributed by atoms with Gasteiger partial charge in [-0.3, -0.25) is 4.79 Å². The van der Waals surface area contributed by atoms with Gasteiger partial charge in [-0.15, -0.1) is 0 Å². The zero-order chi connectivity index (χ0) is 14.7. The average molecular weight is 305 g/mol. The second-order valence-electron chi connectivity index (χ2n) is 5.90. The Balaban J connectivity index is 1.67. The van der Waals surface area contributed by atoms with Gasteiger partial charge < -0.3 is 9.88 Å². The van der Waals surface area contributed by atoms with Crippen LogP contribution in [-0.4, -0.2) is 16.5 Å². The van der Waals surface area contributed by atoms with E-state index < -0.39 is 0 Å². The molecule has 1 heterocycles. The number of carbonyl (C=O) groups is 1. The number of benzene rings is 1. The van der Waals surface area contributed by atoms with Crippen molar-refractivity contribution in [3.63, 3.8) is 0 Å². The standard InChI is InChI=1S/C17H21ClN2O/c18-14-8-7-13-9-10-20(16(13)11-14)12-17(21)19-15-5-3-1-2-4-6-15/h7-11,15H,1-6,12H2,(H,19,21). The van der Waals surface area contributed by atoms with Crippen molar-refractivity contribution in [3.8, 4) is 0 Å². The maximum atomic E-state index is 12.3. The van der Waals surface area contributed by atoms with Gasteiger partial charge in [0.05, 0.1) is 0 Å². The normalized spacial score (nSPS) is 16.8. The number of nitrogens with zero attached hydrogens (tertiary/aromatic N) is 1. The van der Waals surface area contributed by atoms with Crippen LogP contribution in [0.4, 0.5) is 0 Å². The van der Waals surface area contributed by atoms with Gasteiger partial charge in [-0.1, -0.05) is 43.4 Å². The molecule has 112 valence electrons. The zero-order valence-corrected chi connectivity index (χ0v) is 12.9. The van der Waals surface area contributed by atoms with Gasteiger partial charge >= 0.3 is 0 Å². The van der Waals surface area contributed by atoms with Crippen LogP contribution in [0.3, 0.4) is 0 Å². The largest absolute Gasteiger partial charge is 0.352 e. The Labute approximate surface area is 130 Å². The summed E-state index contributed by atoms with van der Waals surface area (Å²) in [4.78, 5) is 12.3. The van der Waals surface area contributed by atoms with Crippen molar-refractivity contribution in [2.45, 2.75) is 51.1 Å². The van der Waals surface area contributed by atoms with Crippen LogP contribution in [0.25, 0.3) is 10.9 Å². The first-order valence-corrected chi connectivity index (χ1v) is 8.14. The van der Waals surface area contributed by atoms with Crippen LogP contribution in [-0.2, 0) is 11.3 Å². The highest BCUT2D eigenvalue weighted by Gasteiger charge is 2.15. The number of hydrogen-bond acceptors (Lipinski definition) is 1. The lowest BCUT2D eigenvalue weighted by Crippen LogP contribution is -2.36. The van der Waals surface area contributed by atoms with Gasteiger partial charge in [0.15, 0.2) is 0 Å². The molecule has 1 aromatic carbocycles. The fourth-order valence-electron chi connectivity index (χ4n) is 3.15. The molecule has 1 amide bonds. The van der Waals surface area contributed by atoms with Crippen LogP contribution in [0.15, 0.2) is 30.5 Å². The first-order chi connectivity index (χ1) is 10.2. The Kier molecular flexibility index (Phi) is 4.49. The molecule has 4 heteroatoms. The van der Waals surface area contributed by atoms with E-state index in [1.807, 2.05) is 35.0 Å². The second-order valence-corrected chi connectivity index (χ2v) is 6.34. The molecule has 1 aromatic heterocycles. The summed E-state index contributed by atoms with van der Waals surface area (Å²) >= 11 is 6.04. The Bertz CT molecular complexity index is 627. The predicted molar refractivity (Wildman–Crippen MR) is 86.6 cm³/mol. The Morgan fingerprint density at radius 2 is 1.95 bits per heavy atom. The van der Waals surface area contributed by atoms with Crippen molar-refractivity contribution in [2.75, 3.05) is 0 Å². The maximum absolute atomic E-state index is 12.3. The van der Waals surface area contributed by atoms with Crippen molar-refractivity contribution in [1.29, 1.82) is 0 Å². The van der Waals surface area contributed by atoms with Crippen molar-refractivity contribution in [3.05, 3.63) is 35.5 Å². The van der Waals surface area contributed by atoms with Gasteiger partial charge in [0.2, 0.25) is 5.91 Å². The molecular formula is C17H21ClN2O. The van der Waals surface area contributed by atoms with E-state index >= 15 is 0 Å². The van der Waals surface area contributed by atoms with Crippen molar-refractivity contribution < 1.29 is 4.79 Å². The maximum Gasteiger partial charge on any atom is 0.240 e. The Morgan fingerprint density at radius 3 is 2.71 bits per heavy atom. The number of rotatable bonds is 3. The number of fused-ring (bicyclic) bond motifs is 1. The lowest BCUT2D eigenvalue weighted by atomic mass is 10.1. The molecule has 3 nitrogen and oxygen atoms in total. The smallest absolute Gasteiger partial charge is 0.240 e. The minimum absolute atomic E-state index is 0.0966. The van der Waals surface area contributed by atoms with E-state index in [9.17, 15) is 4.79 Å². The average Bonchev–Trinajstić information content (AvgIpc) is 2.68. The molecule has 0 bridgehead atoms. The van der Waals surface area contributed by atoms with Crippen LogP contribution in [0.5, 0.6) is 0 Å². The number of carbonyl (C=O) groups excluding carboxylic acids is 1. The third kappa shape index (κ3) is 3.59. The number of amides is 1. The number of nitrogens with one attached hydrogen (secondary N) is 1. The molecule has 1 N–H and O–H groups in total. The van der Waals surface area contributed by atoms with Crippen molar-refractivity contribution >= 4 is 28.4 Å². The Morgan fingerprint density at radius 1 is 1.19 bits per heavy atom. The van der Waals surface area contributed by atoms with E-state index in [-0.39, 0.29) is 5.91 Å². The third-order valence-electron chi connectivity index (χ3n) is 4.27. The molecule has 0 atom stereocenters. The van der Waals surface area contributed by atoms with Gasteiger partial charge in [0.25, 0.3) is 0 Å². The molecule has 1 saturated carbocycles. The molecule has 1 fully saturated rings. The van der Waals surface area contributed by atoms with Crippen LogP contribution >= 0.6 is 11.6 Å². The minimum Gasteiger partial charge on any atom is -0.352 e. The Hall–Kier alpha value is -1.48. The van der Waals surface area contributed by atoms with Crippen LogP contribution in [0.1, 0.15) is 38.5 Å². The molecule has 0 spiro atoms. The minimum atomic E-state index is 0.0966. The SMILES string of the molecule is O=C(Cn1ccc2ccc(Cl)cc21)NC1CCCCCC1. The molecule has 1 aliphatic rings. The monoisotopic (exact) mass is 304 g/mol. The third-order valence-corrected chi connectivity index (χ3v) is 4.51. The zero-order valence-electron chi connectivity index (χ0n) is 12.1. The van der Waals surface area contributed by atoms with Gasteiger partial charge in [-0.2, -0.15) is 0 Å². The van der Waals surface area contributed by atoms with E-state index in [4.69, 9.17) is 11.6 Å². The highest BCUT2D eigenvalue weighted by molar-refractivity contribution is 6.31. The molecule has 1 aliphatic carbocycles. The topological polar surface area (TPSA) is 34.0 Å². The number of aromatic nitrogens is 1. The first-order valence-electron chi connectivity index (χ1n) is 7.76. The fourth-order valence-corrected chi connectivity index (χ4v) is 3.31. The van der Waals surface area contributed by atoms with Gasteiger partial charge in [0.1, 0.15) is 6.54 Å². The summed E-state index contributed by atoms with van der Waals surface area (Å²) in [6.45, 7) is 0.361. The van der Waals surface area contributed by atoms with E-state index in [2.05, 4.69) is 5.32 Å². The highest BCUT2D eigenvalue weighted by atomic mass is 35.5. The summed E-state index contributed by atoms with van der Waals surface area (Å²) in [5.74, 6) is 0.0966. The molecule has 0 saturated heterocycles. The number of hydrogen-bond donors (Lipinski definition) is 1. The summed E-state index contributed by atoms with van der Waals surface area (Å²) in [5, 5.41) is 5.00. The molecule has 2 aromatic rings. The highest BCUT2D eigenvalue weighted by Crippen LogP contribution is 2.21. The first kappa shape index (κ1) is 14.5. The molecule has 3 rings (SSSR count). The van der Waals surface area contributed by atoms with Gasteiger partial charge in [-0.25, -0.2) is 0 Å². The van der Waals surface area contributed by atoms with E-state index in [1.54, 1.807) is 0 Å². The number of halogens is 1. The van der Waals surface area contributed by atoms with E-state index in [0.29, 0.717) is 17.6 Å². The summed E-state index contributed by atoms with van der Waals surface area (Å²) < 4.78 is 1.97. The summed E-state index contributed by atoms with van der Waals surface area (Å²) in [7, 11) is 0. The summed E-state index contributed by atoms with van der Waals surface area (Å²) in [6, 6.07) is 8.14. The summed E-state index contributed by atoms with van der Waals surface area (Å²) in [5.41, 5.74) is 1.01. The second kappa shape index (κ2) is 6.52. The van der Waals surface area contributed by atoms with Gasteiger partial charge in [0, 0.05) is 22.8 Å². The predicted octanol–water partition coefficient (Wildman–Crippen LogP) is 4.13. The summed E-state index contributed by atoms with van der Waals surface area (Å²) in [6.07, 6.45) is 9.24. The van der Waals surface area contributed by atoms with Crippen LogP contribution in [0.2, 0.25) is 5.02 Å². The molecule has 21 heavy (non-hydrogen) atoms. The van der Waals surface area contributed by atoms with Crippen molar-refractivity contribution in [1.82, 2.24) is 9.88 Å². The quantitative estimate of drug-likeness (QED) is 0.850. The van der Waals surface area contributed by atoms with Crippen LogP contribution < -0.4 is 5.32 Å². The fraction of sp³-hybridized carbons (Fsp3) is 0.471. The van der Waals surface area contributed by atoms with Gasteiger partial charge in [-0.05, 0) is 36.4 Å². The lowest BCUT2D eigenvalue weighted by molar-refractivity contribution is -0.122. The molecule has 0 unspecified atom stereocenters.